The van der Waals surface area contributed by atoms with Crippen LogP contribution in [0.25, 0.3) is 0 Å². The van der Waals surface area contributed by atoms with Crippen molar-refractivity contribution in [3.05, 3.63) is 35.6 Å². The van der Waals surface area contributed by atoms with Crippen molar-refractivity contribution < 1.29 is 14.0 Å². The van der Waals surface area contributed by atoms with Crippen LogP contribution >= 0.6 is 0 Å². The molecule has 0 heterocycles. The minimum absolute atomic E-state index is 0.0389. The molecule has 0 aromatic heterocycles. The van der Waals surface area contributed by atoms with E-state index in [9.17, 15) is 14.0 Å². The molecule has 1 fully saturated rings. The van der Waals surface area contributed by atoms with E-state index < -0.39 is 5.41 Å². The predicted octanol–water partition coefficient (Wildman–Crippen LogP) is 2.38. The van der Waals surface area contributed by atoms with Gasteiger partial charge in [-0.15, -0.1) is 0 Å². The third kappa shape index (κ3) is 4.78. The molecule has 0 unspecified atom stereocenters. The summed E-state index contributed by atoms with van der Waals surface area (Å²) in [6, 6.07) is 6.60. The summed E-state index contributed by atoms with van der Waals surface area (Å²) in [6.07, 6.45) is 1.18. The van der Waals surface area contributed by atoms with Crippen molar-refractivity contribution in [2.75, 3.05) is 13.1 Å². The second kappa shape index (κ2) is 7.11. The summed E-state index contributed by atoms with van der Waals surface area (Å²) in [4.78, 5) is 23.5. The molecule has 1 aliphatic carbocycles. The van der Waals surface area contributed by atoms with Crippen molar-refractivity contribution in [1.82, 2.24) is 10.6 Å². The fourth-order valence-electron chi connectivity index (χ4n) is 2.63. The Morgan fingerprint density at radius 3 is 2.52 bits per heavy atom. The van der Waals surface area contributed by atoms with Crippen LogP contribution in [0.2, 0.25) is 0 Å². The molecule has 0 radical (unpaired) electrons. The van der Waals surface area contributed by atoms with Gasteiger partial charge in [0.05, 0.1) is 0 Å². The van der Waals surface area contributed by atoms with Gasteiger partial charge in [0.25, 0.3) is 0 Å². The first-order valence-electron chi connectivity index (χ1n) is 8.10. The Kier molecular flexibility index (Phi) is 5.39. The Morgan fingerprint density at radius 2 is 1.91 bits per heavy atom. The summed E-state index contributed by atoms with van der Waals surface area (Å²) in [7, 11) is 0. The zero-order chi connectivity index (χ0) is 17.0. The maximum atomic E-state index is 13.9. The van der Waals surface area contributed by atoms with Gasteiger partial charge in [-0.2, -0.15) is 0 Å². The van der Waals surface area contributed by atoms with Gasteiger partial charge < -0.3 is 10.6 Å². The summed E-state index contributed by atoms with van der Waals surface area (Å²) in [5.41, 5.74) is 0.0876. The van der Waals surface area contributed by atoms with Crippen LogP contribution in [-0.2, 0) is 15.0 Å². The molecule has 2 N–H and O–H groups in total. The van der Waals surface area contributed by atoms with Gasteiger partial charge in [0, 0.05) is 30.8 Å². The van der Waals surface area contributed by atoms with Gasteiger partial charge in [-0.3, -0.25) is 9.59 Å². The van der Waals surface area contributed by atoms with E-state index in [1.165, 1.54) is 6.07 Å². The van der Waals surface area contributed by atoms with Crippen LogP contribution in [-0.4, -0.2) is 24.9 Å². The number of carbonyl (C=O) groups is 2. The Morgan fingerprint density at radius 1 is 1.26 bits per heavy atom. The van der Waals surface area contributed by atoms with E-state index in [1.807, 2.05) is 20.8 Å². The first kappa shape index (κ1) is 17.4. The number of carbonyl (C=O) groups excluding carboxylic acids is 2. The smallest absolute Gasteiger partial charge is 0.223 e. The molecule has 0 aliphatic heterocycles. The third-order valence-electron chi connectivity index (χ3n) is 4.43. The first-order chi connectivity index (χ1) is 10.8. The normalized spacial score (nSPS) is 20.0. The molecular weight excluding hydrogens is 295 g/mol. The molecule has 1 saturated carbocycles. The van der Waals surface area contributed by atoms with E-state index in [0.29, 0.717) is 24.6 Å². The van der Waals surface area contributed by atoms with E-state index in [-0.39, 0.29) is 30.0 Å². The molecular formula is C18H25FN2O2. The number of rotatable bonds is 7. The van der Waals surface area contributed by atoms with Gasteiger partial charge >= 0.3 is 0 Å². The van der Waals surface area contributed by atoms with Crippen LogP contribution in [0.1, 0.15) is 39.2 Å². The number of hydrogen-bond acceptors (Lipinski definition) is 2. The second-order valence-electron chi connectivity index (χ2n) is 7.00. The molecule has 1 aliphatic rings. The van der Waals surface area contributed by atoms with Gasteiger partial charge in [0.2, 0.25) is 11.8 Å². The lowest BCUT2D eigenvalue weighted by molar-refractivity contribution is -0.123. The van der Waals surface area contributed by atoms with Crippen molar-refractivity contribution in [3.8, 4) is 0 Å². The molecule has 5 heteroatoms. The van der Waals surface area contributed by atoms with Gasteiger partial charge in [-0.05, 0) is 24.0 Å². The van der Waals surface area contributed by atoms with Crippen molar-refractivity contribution in [2.45, 2.75) is 39.0 Å². The van der Waals surface area contributed by atoms with Crippen molar-refractivity contribution in [1.29, 1.82) is 0 Å². The molecule has 23 heavy (non-hydrogen) atoms. The van der Waals surface area contributed by atoms with E-state index in [2.05, 4.69) is 10.6 Å². The summed E-state index contributed by atoms with van der Waals surface area (Å²) in [5.74, 6) is 0.219. The summed E-state index contributed by atoms with van der Waals surface area (Å²) < 4.78 is 13.9. The highest BCUT2D eigenvalue weighted by Gasteiger charge is 2.38. The predicted molar refractivity (Wildman–Crippen MR) is 87.3 cm³/mol. The van der Waals surface area contributed by atoms with Gasteiger partial charge in [0.1, 0.15) is 5.82 Å². The monoisotopic (exact) mass is 320 g/mol. The fourth-order valence-corrected chi connectivity index (χ4v) is 2.63. The number of benzene rings is 1. The number of amides is 2. The van der Waals surface area contributed by atoms with Crippen LogP contribution in [0.15, 0.2) is 24.3 Å². The molecule has 4 nitrogen and oxygen atoms in total. The topological polar surface area (TPSA) is 58.2 Å². The molecule has 1 aromatic carbocycles. The van der Waals surface area contributed by atoms with E-state index in [0.717, 1.165) is 6.42 Å². The summed E-state index contributed by atoms with van der Waals surface area (Å²) >= 11 is 0. The zero-order valence-corrected chi connectivity index (χ0v) is 14.0. The highest BCUT2D eigenvalue weighted by atomic mass is 19.1. The summed E-state index contributed by atoms with van der Waals surface area (Å²) in [5, 5.41) is 5.60. The zero-order valence-electron chi connectivity index (χ0n) is 14.0. The van der Waals surface area contributed by atoms with E-state index in [1.54, 1.807) is 18.2 Å². The minimum atomic E-state index is -0.492. The van der Waals surface area contributed by atoms with E-state index in [4.69, 9.17) is 0 Å². The number of hydrogen-bond donors (Lipinski definition) is 2. The maximum Gasteiger partial charge on any atom is 0.223 e. The van der Waals surface area contributed by atoms with E-state index >= 15 is 0 Å². The van der Waals surface area contributed by atoms with Crippen molar-refractivity contribution >= 4 is 11.8 Å². The number of nitrogens with one attached hydrogen (secondary N) is 2. The fraction of sp³-hybridized carbons (Fsp3) is 0.556. The van der Waals surface area contributed by atoms with Crippen molar-refractivity contribution in [3.63, 3.8) is 0 Å². The Labute approximate surface area is 136 Å². The SMILES string of the molecule is C[C@@H]1C[C@H]1C(=O)NCCC(=O)NCC(C)(C)c1ccccc1F. The highest BCUT2D eigenvalue weighted by molar-refractivity contribution is 5.82. The molecule has 0 spiro atoms. The number of halogens is 1. The molecule has 2 atom stereocenters. The van der Waals surface area contributed by atoms with Gasteiger partial charge in [0.15, 0.2) is 0 Å². The largest absolute Gasteiger partial charge is 0.355 e. The highest BCUT2D eigenvalue weighted by Crippen LogP contribution is 2.37. The lowest BCUT2D eigenvalue weighted by atomic mass is 9.84. The maximum absolute atomic E-state index is 13.9. The molecule has 2 amide bonds. The second-order valence-corrected chi connectivity index (χ2v) is 7.00. The lowest BCUT2D eigenvalue weighted by Gasteiger charge is -2.26. The van der Waals surface area contributed by atoms with Crippen molar-refractivity contribution in [2.24, 2.45) is 11.8 Å². The molecule has 126 valence electrons. The first-order valence-corrected chi connectivity index (χ1v) is 8.10. The van der Waals surface area contributed by atoms with Crippen LogP contribution in [0.4, 0.5) is 4.39 Å². The lowest BCUT2D eigenvalue weighted by Crippen LogP contribution is -2.38. The Balaban J connectivity index is 1.73. The van der Waals surface area contributed by atoms with Crippen LogP contribution < -0.4 is 10.6 Å². The van der Waals surface area contributed by atoms with Crippen LogP contribution in [0.3, 0.4) is 0 Å². The minimum Gasteiger partial charge on any atom is -0.355 e. The molecule has 1 aromatic rings. The molecule has 0 bridgehead atoms. The molecule has 2 rings (SSSR count). The van der Waals surface area contributed by atoms with Gasteiger partial charge in [-0.1, -0.05) is 39.0 Å². The molecule has 0 saturated heterocycles. The quantitative estimate of drug-likeness (QED) is 0.810. The average molecular weight is 320 g/mol. The Hall–Kier alpha value is -1.91. The Bertz CT molecular complexity index is 586. The summed E-state index contributed by atoms with van der Waals surface area (Å²) in [6.45, 7) is 6.51. The average Bonchev–Trinajstić information content (AvgIpc) is 3.22. The third-order valence-corrected chi connectivity index (χ3v) is 4.43. The van der Waals surface area contributed by atoms with Gasteiger partial charge in [-0.25, -0.2) is 4.39 Å². The standard InChI is InChI=1S/C18H25FN2O2/c1-12-10-13(12)17(23)20-9-8-16(22)21-11-18(2,3)14-6-4-5-7-15(14)19/h4-7,12-13H,8-11H2,1-3H3,(H,20,23)(H,21,22)/t12-,13-/m1/s1. The van der Waals surface area contributed by atoms with Crippen LogP contribution in [0.5, 0.6) is 0 Å². The van der Waals surface area contributed by atoms with Crippen LogP contribution in [0, 0.1) is 17.7 Å².